The van der Waals surface area contributed by atoms with E-state index in [0.29, 0.717) is 22.7 Å². The molecule has 0 bridgehead atoms. The van der Waals surface area contributed by atoms with Crippen LogP contribution >= 0.6 is 0 Å². The molecule has 0 aliphatic heterocycles. The lowest BCUT2D eigenvalue weighted by molar-refractivity contribution is 0.0925. The number of nitrogens with one attached hydrogen (secondary N) is 1. The van der Waals surface area contributed by atoms with Crippen LogP contribution in [0.1, 0.15) is 50.0 Å². The van der Waals surface area contributed by atoms with E-state index in [1.807, 2.05) is 0 Å². The van der Waals surface area contributed by atoms with E-state index in [2.05, 4.69) is 24.3 Å². The Labute approximate surface area is 148 Å². The maximum atomic E-state index is 12.8. The van der Waals surface area contributed by atoms with Crippen molar-refractivity contribution in [3.63, 3.8) is 0 Å². The second-order valence-corrected chi connectivity index (χ2v) is 9.21. The highest BCUT2D eigenvalue weighted by atomic mass is 32.2. The third-order valence-electron chi connectivity index (χ3n) is 4.95. The van der Waals surface area contributed by atoms with Gasteiger partial charge in [0.1, 0.15) is 0 Å². The predicted molar refractivity (Wildman–Crippen MR) is 98.0 cm³/mol. The molecule has 7 heteroatoms. The first kappa shape index (κ1) is 17.9. The van der Waals surface area contributed by atoms with Gasteiger partial charge in [-0.15, -0.1) is 0 Å². The van der Waals surface area contributed by atoms with Gasteiger partial charge in [-0.2, -0.15) is 9.19 Å². The smallest absolute Gasteiger partial charge is 0.272 e. The fourth-order valence-electron chi connectivity index (χ4n) is 3.70. The maximum Gasteiger partial charge on any atom is 0.272 e. The van der Waals surface area contributed by atoms with Gasteiger partial charge in [0.05, 0.1) is 11.8 Å². The molecule has 136 valence electrons. The summed E-state index contributed by atoms with van der Waals surface area (Å²) in [7, 11) is -3.57. The fraction of sp³-hybridized carbons (Fsp3) is 0.556. The molecule has 1 aliphatic rings. The summed E-state index contributed by atoms with van der Waals surface area (Å²) in [6, 6.07) is 7.01. The zero-order valence-electron chi connectivity index (χ0n) is 14.9. The first-order chi connectivity index (χ1) is 11.8. The van der Waals surface area contributed by atoms with Crippen LogP contribution in [0.5, 0.6) is 0 Å². The Kier molecular flexibility index (Phi) is 4.86. The molecule has 1 aromatic heterocycles. The highest BCUT2D eigenvalue weighted by Gasteiger charge is 2.26. The molecule has 0 spiro atoms. The third kappa shape index (κ3) is 3.86. The molecule has 1 heterocycles. The molecular formula is C18H25N3O3S. The van der Waals surface area contributed by atoms with Crippen LogP contribution in [0.25, 0.3) is 10.9 Å². The van der Waals surface area contributed by atoms with Crippen molar-refractivity contribution in [3.8, 4) is 0 Å². The van der Waals surface area contributed by atoms with Gasteiger partial charge in [-0.25, -0.2) is 8.42 Å². The van der Waals surface area contributed by atoms with Gasteiger partial charge in [0, 0.05) is 11.4 Å². The molecule has 0 radical (unpaired) electrons. The Hall–Kier alpha value is -1.89. The molecule has 3 rings (SSSR count). The van der Waals surface area contributed by atoms with E-state index in [1.165, 1.54) is 12.8 Å². The van der Waals surface area contributed by atoms with Crippen LogP contribution in [0, 0.1) is 11.8 Å². The minimum Gasteiger partial charge on any atom is -0.348 e. The highest BCUT2D eigenvalue weighted by molar-refractivity contribution is 7.89. The van der Waals surface area contributed by atoms with Gasteiger partial charge in [0.25, 0.3) is 15.9 Å². The summed E-state index contributed by atoms with van der Waals surface area (Å²) in [6.45, 7) is 4.43. The predicted octanol–water partition coefficient (Wildman–Crippen LogP) is 2.79. The number of carbonyl (C=O) groups is 1. The lowest BCUT2D eigenvalue weighted by Gasteiger charge is -2.19. The van der Waals surface area contributed by atoms with Crippen molar-refractivity contribution in [2.75, 3.05) is 6.26 Å². The molecule has 2 atom stereocenters. The topological polar surface area (TPSA) is 81.1 Å². The number of fused-ring (bicyclic) bond motifs is 1. The number of rotatable bonds is 3. The van der Waals surface area contributed by atoms with E-state index >= 15 is 0 Å². The summed E-state index contributed by atoms with van der Waals surface area (Å²) in [4.78, 5) is 12.8. The number of benzene rings is 1. The highest BCUT2D eigenvalue weighted by Crippen LogP contribution is 2.27. The van der Waals surface area contributed by atoms with E-state index in [1.54, 1.807) is 24.3 Å². The number of hydrogen-bond donors (Lipinski definition) is 1. The van der Waals surface area contributed by atoms with Crippen LogP contribution in [0.2, 0.25) is 0 Å². The van der Waals surface area contributed by atoms with Gasteiger partial charge in [-0.3, -0.25) is 4.79 Å². The number of hydrogen-bond acceptors (Lipinski definition) is 4. The number of nitrogens with zero attached hydrogens (tertiary/aromatic N) is 2. The molecule has 2 unspecified atom stereocenters. The van der Waals surface area contributed by atoms with Gasteiger partial charge in [0.2, 0.25) is 0 Å². The lowest BCUT2D eigenvalue weighted by Crippen LogP contribution is -2.36. The number of carbonyl (C=O) groups excluding carboxylic acids is 1. The number of aromatic nitrogens is 2. The second kappa shape index (κ2) is 6.78. The molecule has 1 aliphatic carbocycles. The normalized spacial score (nSPS) is 24.8. The molecular weight excluding hydrogens is 338 g/mol. The van der Waals surface area contributed by atoms with Crippen molar-refractivity contribution in [1.29, 1.82) is 0 Å². The molecule has 1 N–H and O–H groups in total. The molecule has 1 fully saturated rings. The van der Waals surface area contributed by atoms with E-state index in [9.17, 15) is 13.2 Å². The average molecular weight is 363 g/mol. The summed E-state index contributed by atoms with van der Waals surface area (Å²) >= 11 is 0. The minimum atomic E-state index is -3.57. The van der Waals surface area contributed by atoms with Crippen molar-refractivity contribution in [2.45, 2.75) is 45.6 Å². The summed E-state index contributed by atoms with van der Waals surface area (Å²) in [5.74, 6) is 0.839. The van der Waals surface area contributed by atoms with E-state index in [0.717, 1.165) is 23.2 Å². The molecule has 1 amide bonds. The zero-order valence-corrected chi connectivity index (χ0v) is 15.7. The summed E-state index contributed by atoms with van der Waals surface area (Å²) in [5, 5.41) is 7.74. The molecule has 25 heavy (non-hydrogen) atoms. The van der Waals surface area contributed by atoms with Crippen molar-refractivity contribution in [1.82, 2.24) is 14.5 Å². The summed E-state index contributed by atoms with van der Waals surface area (Å²) in [6.07, 6.45) is 5.34. The van der Waals surface area contributed by atoms with Crippen LogP contribution in [-0.4, -0.2) is 35.8 Å². The first-order valence-corrected chi connectivity index (χ1v) is 10.6. The SMILES string of the molecule is CC1CCC(C)CC(NC(=O)c2nn(S(C)(=O)=O)c3ccccc23)C1. The fourth-order valence-corrected chi connectivity index (χ4v) is 4.45. The zero-order chi connectivity index (χ0) is 18.2. The van der Waals surface area contributed by atoms with Gasteiger partial charge in [0.15, 0.2) is 5.69 Å². The summed E-state index contributed by atoms with van der Waals surface area (Å²) in [5.41, 5.74) is 0.600. The molecule has 0 saturated heterocycles. The van der Waals surface area contributed by atoms with Crippen molar-refractivity contribution >= 4 is 26.8 Å². The number of amides is 1. The second-order valence-electron chi connectivity index (χ2n) is 7.40. The van der Waals surface area contributed by atoms with Crippen LogP contribution in [0.4, 0.5) is 0 Å². The van der Waals surface area contributed by atoms with Crippen LogP contribution in [0.3, 0.4) is 0 Å². The molecule has 1 aromatic carbocycles. The molecule has 6 nitrogen and oxygen atoms in total. The van der Waals surface area contributed by atoms with E-state index in [4.69, 9.17) is 0 Å². The van der Waals surface area contributed by atoms with Crippen molar-refractivity contribution in [2.24, 2.45) is 11.8 Å². The Balaban J connectivity index is 1.92. The summed E-state index contributed by atoms with van der Waals surface area (Å²) < 4.78 is 24.9. The van der Waals surface area contributed by atoms with Gasteiger partial charge in [-0.1, -0.05) is 44.9 Å². The molecule has 2 aromatic rings. The van der Waals surface area contributed by atoms with Gasteiger partial charge < -0.3 is 5.32 Å². The van der Waals surface area contributed by atoms with Crippen molar-refractivity contribution < 1.29 is 13.2 Å². The average Bonchev–Trinajstić information content (AvgIpc) is 2.85. The standard InChI is InChI=1S/C18H25N3O3S/c1-12-8-9-13(2)11-14(10-12)19-18(22)17-15-6-4-5-7-16(15)21(20-17)25(3,23)24/h4-7,12-14H,8-11H2,1-3H3,(H,19,22). The molecule has 1 saturated carbocycles. The first-order valence-electron chi connectivity index (χ1n) is 8.75. The Morgan fingerprint density at radius 2 is 1.76 bits per heavy atom. The van der Waals surface area contributed by atoms with E-state index in [-0.39, 0.29) is 17.6 Å². The maximum absolute atomic E-state index is 12.8. The lowest BCUT2D eigenvalue weighted by atomic mass is 9.99. The quantitative estimate of drug-likeness (QED) is 0.850. The Morgan fingerprint density at radius 1 is 1.16 bits per heavy atom. The van der Waals surface area contributed by atoms with Gasteiger partial charge >= 0.3 is 0 Å². The van der Waals surface area contributed by atoms with Crippen LogP contribution < -0.4 is 5.32 Å². The minimum absolute atomic E-state index is 0.0992. The largest absolute Gasteiger partial charge is 0.348 e. The monoisotopic (exact) mass is 363 g/mol. The number of para-hydroxylation sites is 1. The Bertz CT molecular complexity index is 876. The van der Waals surface area contributed by atoms with Crippen LogP contribution in [-0.2, 0) is 10.0 Å². The van der Waals surface area contributed by atoms with E-state index < -0.39 is 10.0 Å². The van der Waals surface area contributed by atoms with Gasteiger partial charge in [-0.05, 0) is 30.7 Å². The van der Waals surface area contributed by atoms with Crippen LogP contribution in [0.15, 0.2) is 24.3 Å². The van der Waals surface area contributed by atoms with Crippen molar-refractivity contribution in [3.05, 3.63) is 30.0 Å². The Morgan fingerprint density at radius 3 is 2.36 bits per heavy atom. The third-order valence-corrected chi connectivity index (χ3v) is 5.85.